The molecule has 0 radical (unpaired) electrons. The number of rotatable bonds is 2. The van der Waals surface area contributed by atoms with Crippen LogP contribution in [0.5, 0.6) is 0 Å². The molecule has 0 bridgehead atoms. The number of hydrogen-bond donors (Lipinski definition) is 0. The van der Waals surface area contributed by atoms with E-state index in [1.54, 1.807) is 0 Å². The predicted octanol–water partition coefficient (Wildman–Crippen LogP) is 8.22. The Morgan fingerprint density at radius 3 is 1.53 bits per heavy atom. The molecule has 7 rings (SSSR count). The van der Waals surface area contributed by atoms with E-state index in [2.05, 4.69) is 138 Å². The van der Waals surface area contributed by atoms with Crippen molar-refractivity contribution < 1.29 is 4.40 Å². The third-order valence-corrected chi connectivity index (χ3v) is 6.90. The zero-order chi connectivity index (χ0) is 22.5. The maximum Gasteiger partial charge on any atom is 0.226 e. The van der Waals surface area contributed by atoms with E-state index in [0.717, 1.165) is 0 Å². The third-order valence-electron chi connectivity index (χ3n) is 6.90. The summed E-state index contributed by atoms with van der Waals surface area (Å²) in [4.78, 5) is 0. The topological polar surface area (TPSA) is 4.10 Å². The van der Waals surface area contributed by atoms with Crippen LogP contribution < -0.4 is 4.40 Å². The van der Waals surface area contributed by atoms with Crippen molar-refractivity contribution in [2.75, 3.05) is 0 Å². The van der Waals surface area contributed by atoms with E-state index in [-0.39, 0.29) is 0 Å². The van der Waals surface area contributed by atoms with Gasteiger partial charge >= 0.3 is 0 Å². The SMILES string of the molecule is c1ccc(-c2ccc3ccc4cc[n+]5ccc6ccc(-c7ccccc7)cc6c5c4c3c2)cc1. The zero-order valence-electron chi connectivity index (χ0n) is 18.6. The van der Waals surface area contributed by atoms with E-state index in [1.165, 1.54) is 60.1 Å². The molecule has 1 nitrogen and oxygen atoms in total. The number of benzene rings is 5. The van der Waals surface area contributed by atoms with Gasteiger partial charge in [0.1, 0.15) is 0 Å². The molecule has 0 saturated carbocycles. The summed E-state index contributed by atoms with van der Waals surface area (Å²) in [6, 6.07) is 43.9. The number of nitrogens with zero attached hydrogens (tertiary/aromatic N) is 1. The Kier molecular flexibility index (Phi) is 4.22. The molecule has 0 aliphatic carbocycles. The normalized spacial score (nSPS) is 11.5. The highest BCUT2D eigenvalue weighted by Crippen LogP contribution is 2.35. The van der Waals surface area contributed by atoms with E-state index in [1.807, 2.05) is 0 Å². The van der Waals surface area contributed by atoms with Gasteiger partial charge in [0.15, 0.2) is 12.4 Å². The average Bonchev–Trinajstić information content (AvgIpc) is 2.92. The summed E-state index contributed by atoms with van der Waals surface area (Å²) in [5.74, 6) is 0. The summed E-state index contributed by atoms with van der Waals surface area (Å²) in [5, 5.41) is 7.63. The molecule has 0 aliphatic heterocycles. The van der Waals surface area contributed by atoms with Crippen molar-refractivity contribution in [2.24, 2.45) is 0 Å². The average molecular weight is 433 g/mol. The third kappa shape index (κ3) is 2.98. The van der Waals surface area contributed by atoms with Gasteiger partial charge in [-0.2, -0.15) is 4.40 Å². The minimum Gasteiger partial charge on any atom is -0.166 e. The Morgan fingerprint density at radius 2 is 0.882 bits per heavy atom. The second-order valence-electron chi connectivity index (χ2n) is 8.89. The fraction of sp³-hybridized carbons (Fsp3) is 0. The van der Waals surface area contributed by atoms with Crippen LogP contribution in [0.3, 0.4) is 0 Å². The molecule has 0 amide bonds. The molecule has 0 N–H and O–H groups in total. The molecular formula is C33H22N+. The molecule has 0 saturated heterocycles. The van der Waals surface area contributed by atoms with Crippen molar-refractivity contribution in [3.05, 3.63) is 134 Å². The largest absolute Gasteiger partial charge is 0.226 e. The first-order valence-corrected chi connectivity index (χ1v) is 11.7. The summed E-state index contributed by atoms with van der Waals surface area (Å²) in [5.41, 5.74) is 6.22. The lowest BCUT2D eigenvalue weighted by Crippen LogP contribution is -2.20. The van der Waals surface area contributed by atoms with Gasteiger partial charge < -0.3 is 0 Å². The number of aromatic nitrogens is 1. The lowest BCUT2D eigenvalue weighted by Gasteiger charge is -2.10. The van der Waals surface area contributed by atoms with Gasteiger partial charge in [-0.15, -0.1) is 0 Å². The van der Waals surface area contributed by atoms with Crippen LogP contribution in [0.2, 0.25) is 0 Å². The molecule has 7 aromatic rings. The summed E-state index contributed by atoms with van der Waals surface area (Å²) >= 11 is 0. The minimum atomic E-state index is 1.24. The zero-order valence-corrected chi connectivity index (χ0v) is 18.6. The second-order valence-corrected chi connectivity index (χ2v) is 8.89. The van der Waals surface area contributed by atoms with E-state index < -0.39 is 0 Å². The van der Waals surface area contributed by atoms with Gasteiger partial charge in [-0.1, -0.05) is 97.1 Å². The standard InChI is InChI=1S/C33H22N/c1-3-7-23(8-4-1)28-15-12-25-11-14-27-18-20-34-19-17-26-13-16-29(24-9-5-2-6-10-24)22-31(26)33(34)32(27)30(25)21-28/h1-22H/q+1. The van der Waals surface area contributed by atoms with Crippen LogP contribution in [-0.2, 0) is 0 Å². The van der Waals surface area contributed by atoms with E-state index in [0.29, 0.717) is 0 Å². The summed E-state index contributed by atoms with van der Waals surface area (Å²) in [6.45, 7) is 0. The Balaban J connectivity index is 1.62. The lowest BCUT2D eigenvalue weighted by molar-refractivity contribution is -0.509. The van der Waals surface area contributed by atoms with Crippen molar-refractivity contribution in [1.82, 2.24) is 0 Å². The van der Waals surface area contributed by atoms with Crippen LogP contribution in [0.4, 0.5) is 0 Å². The molecule has 2 aromatic heterocycles. The van der Waals surface area contributed by atoms with Crippen LogP contribution in [0, 0.1) is 0 Å². The monoisotopic (exact) mass is 432 g/mol. The van der Waals surface area contributed by atoms with Crippen LogP contribution in [-0.4, -0.2) is 0 Å². The van der Waals surface area contributed by atoms with E-state index in [4.69, 9.17) is 0 Å². The molecular weight excluding hydrogens is 410 g/mol. The highest BCUT2D eigenvalue weighted by atomic mass is 14.8. The van der Waals surface area contributed by atoms with Crippen LogP contribution in [0.1, 0.15) is 0 Å². The van der Waals surface area contributed by atoms with Crippen molar-refractivity contribution in [2.45, 2.75) is 0 Å². The van der Waals surface area contributed by atoms with Crippen LogP contribution >= 0.6 is 0 Å². The molecule has 0 fully saturated rings. The fourth-order valence-corrected chi connectivity index (χ4v) is 5.19. The highest BCUT2D eigenvalue weighted by molar-refractivity contribution is 6.19. The van der Waals surface area contributed by atoms with Crippen molar-refractivity contribution in [1.29, 1.82) is 0 Å². The Labute approximate surface area is 198 Å². The Hall–Kier alpha value is -4.49. The van der Waals surface area contributed by atoms with Gasteiger partial charge in [-0.3, -0.25) is 0 Å². The first kappa shape index (κ1) is 19.0. The summed E-state index contributed by atoms with van der Waals surface area (Å²) < 4.78 is 2.27. The Morgan fingerprint density at radius 1 is 0.382 bits per heavy atom. The molecule has 0 spiro atoms. The molecule has 0 aliphatic rings. The first-order valence-electron chi connectivity index (χ1n) is 11.7. The molecule has 0 atom stereocenters. The summed E-state index contributed by atoms with van der Waals surface area (Å²) in [7, 11) is 0. The quantitative estimate of drug-likeness (QED) is 0.191. The van der Waals surface area contributed by atoms with Crippen molar-refractivity contribution in [3.8, 4) is 22.3 Å². The van der Waals surface area contributed by atoms with Gasteiger partial charge in [0.05, 0.1) is 10.8 Å². The second kappa shape index (κ2) is 7.54. The molecule has 2 heterocycles. The van der Waals surface area contributed by atoms with Gasteiger partial charge in [0.2, 0.25) is 5.52 Å². The van der Waals surface area contributed by atoms with Crippen molar-refractivity contribution in [3.63, 3.8) is 0 Å². The van der Waals surface area contributed by atoms with Gasteiger partial charge in [0.25, 0.3) is 0 Å². The predicted molar refractivity (Wildman–Crippen MR) is 143 cm³/mol. The summed E-state index contributed by atoms with van der Waals surface area (Å²) in [6.07, 6.45) is 4.36. The first-order chi connectivity index (χ1) is 16.8. The van der Waals surface area contributed by atoms with Crippen LogP contribution in [0.15, 0.2) is 134 Å². The maximum atomic E-state index is 2.35. The van der Waals surface area contributed by atoms with Gasteiger partial charge in [-0.05, 0) is 55.9 Å². The number of hydrogen-bond acceptors (Lipinski definition) is 0. The van der Waals surface area contributed by atoms with E-state index >= 15 is 0 Å². The Bertz CT molecular complexity index is 1690. The van der Waals surface area contributed by atoms with Gasteiger partial charge in [-0.25, -0.2) is 0 Å². The lowest BCUT2D eigenvalue weighted by atomic mass is 9.95. The molecule has 1 heteroatoms. The molecule has 158 valence electrons. The fourth-order valence-electron chi connectivity index (χ4n) is 5.19. The molecule has 0 unspecified atom stereocenters. The molecule has 34 heavy (non-hydrogen) atoms. The van der Waals surface area contributed by atoms with Crippen LogP contribution in [0.25, 0.3) is 60.1 Å². The van der Waals surface area contributed by atoms with Crippen molar-refractivity contribution >= 4 is 37.8 Å². The number of fused-ring (bicyclic) bond motifs is 7. The number of pyridine rings is 2. The highest BCUT2D eigenvalue weighted by Gasteiger charge is 2.16. The minimum absolute atomic E-state index is 1.24. The van der Waals surface area contributed by atoms with E-state index in [9.17, 15) is 0 Å². The maximum absolute atomic E-state index is 2.35. The molecule has 5 aromatic carbocycles. The van der Waals surface area contributed by atoms with Gasteiger partial charge in [0, 0.05) is 12.1 Å². The smallest absolute Gasteiger partial charge is 0.166 e.